The van der Waals surface area contributed by atoms with Crippen molar-refractivity contribution in [1.29, 1.82) is 0 Å². The molecule has 1 heterocycles. The fourth-order valence-electron chi connectivity index (χ4n) is 3.58. The molecule has 4 heteroatoms. The Hall–Kier alpha value is -2.36. The van der Waals surface area contributed by atoms with Crippen molar-refractivity contribution in [3.63, 3.8) is 0 Å². The van der Waals surface area contributed by atoms with Crippen molar-refractivity contribution in [2.24, 2.45) is 0 Å². The summed E-state index contributed by atoms with van der Waals surface area (Å²) in [6.07, 6.45) is 9.60. The highest BCUT2D eigenvalue weighted by Gasteiger charge is 2.23. The summed E-state index contributed by atoms with van der Waals surface area (Å²) < 4.78 is 5.96. The summed E-state index contributed by atoms with van der Waals surface area (Å²) >= 11 is 0. The molecule has 0 saturated heterocycles. The smallest absolute Gasteiger partial charge is 0.220 e. The van der Waals surface area contributed by atoms with Crippen LogP contribution in [0.2, 0.25) is 0 Å². The van der Waals surface area contributed by atoms with E-state index in [0.717, 1.165) is 50.5 Å². The van der Waals surface area contributed by atoms with Crippen molar-refractivity contribution in [2.75, 3.05) is 0 Å². The predicted molar refractivity (Wildman–Crippen MR) is 108 cm³/mol. The maximum Gasteiger partial charge on any atom is 0.220 e. The van der Waals surface area contributed by atoms with E-state index in [0.29, 0.717) is 12.3 Å². The standard InChI is InChI=1S/C23H30N2O2/c1-18-11-16-23(24-17-18)27-21-14-12-20(13-15-21)25-22(26)10-6-5-9-19-7-3-2-4-8-19/h2-4,7-8,11,16-17,20-21H,5-6,9-10,12-15H2,1H3,(H,25,26). The van der Waals surface area contributed by atoms with E-state index in [9.17, 15) is 4.79 Å². The molecule has 3 rings (SSSR count). The lowest BCUT2D eigenvalue weighted by Gasteiger charge is -2.29. The van der Waals surface area contributed by atoms with Gasteiger partial charge in [0.2, 0.25) is 11.8 Å². The minimum absolute atomic E-state index is 0.188. The summed E-state index contributed by atoms with van der Waals surface area (Å²) in [5.41, 5.74) is 2.48. The third-order valence-electron chi connectivity index (χ3n) is 5.17. The molecule has 1 aliphatic rings. The molecule has 0 aliphatic heterocycles. The molecule has 0 unspecified atom stereocenters. The lowest BCUT2D eigenvalue weighted by molar-refractivity contribution is -0.122. The number of rotatable bonds is 8. The van der Waals surface area contributed by atoms with Gasteiger partial charge >= 0.3 is 0 Å². The van der Waals surface area contributed by atoms with Crippen molar-refractivity contribution >= 4 is 5.91 Å². The second-order valence-electron chi connectivity index (χ2n) is 7.53. The van der Waals surface area contributed by atoms with Crippen LogP contribution in [0, 0.1) is 6.92 Å². The Labute approximate surface area is 162 Å². The average molecular weight is 367 g/mol. The second kappa shape index (κ2) is 10.1. The molecule has 144 valence electrons. The summed E-state index contributed by atoms with van der Waals surface area (Å²) in [4.78, 5) is 16.5. The molecule has 1 N–H and O–H groups in total. The highest BCUT2D eigenvalue weighted by molar-refractivity contribution is 5.76. The maximum atomic E-state index is 12.2. The van der Waals surface area contributed by atoms with E-state index in [4.69, 9.17) is 4.74 Å². The quantitative estimate of drug-likeness (QED) is 0.694. The number of unbranched alkanes of at least 4 members (excludes halogenated alkanes) is 1. The van der Waals surface area contributed by atoms with Gasteiger partial charge in [0, 0.05) is 24.7 Å². The SMILES string of the molecule is Cc1ccc(OC2CCC(NC(=O)CCCCc3ccccc3)CC2)nc1. The van der Waals surface area contributed by atoms with Crippen molar-refractivity contribution in [1.82, 2.24) is 10.3 Å². The predicted octanol–water partition coefficient (Wildman–Crippen LogP) is 4.61. The first-order chi connectivity index (χ1) is 13.2. The number of benzene rings is 1. The molecular weight excluding hydrogens is 336 g/mol. The van der Waals surface area contributed by atoms with Gasteiger partial charge in [0.15, 0.2) is 0 Å². The van der Waals surface area contributed by atoms with E-state index in [-0.39, 0.29) is 18.1 Å². The first-order valence-corrected chi connectivity index (χ1v) is 10.1. The molecule has 1 amide bonds. The molecule has 1 aromatic heterocycles. The molecule has 0 bridgehead atoms. The lowest BCUT2D eigenvalue weighted by atomic mass is 9.92. The molecule has 2 aromatic rings. The normalized spacial score (nSPS) is 19.4. The molecule has 0 atom stereocenters. The zero-order valence-electron chi connectivity index (χ0n) is 16.2. The zero-order chi connectivity index (χ0) is 18.9. The van der Waals surface area contributed by atoms with Crippen LogP contribution in [0.15, 0.2) is 48.7 Å². The number of hydrogen-bond acceptors (Lipinski definition) is 3. The zero-order valence-corrected chi connectivity index (χ0v) is 16.2. The Balaban J connectivity index is 1.29. The summed E-state index contributed by atoms with van der Waals surface area (Å²) in [5, 5.41) is 3.20. The van der Waals surface area contributed by atoms with Crippen molar-refractivity contribution < 1.29 is 9.53 Å². The Morgan fingerprint density at radius 3 is 2.56 bits per heavy atom. The Bertz CT molecular complexity index is 692. The Morgan fingerprint density at radius 1 is 1.07 bits per heavy atom. The molecule has 1 aromatic carbocycles. The number of nitrogens with one attached hydrogen (secondary N) is 1. The van der Waals surface area contributed by atoms with Gasteiger partial charge in [-0.05, 0) is 63.0 Å². The van der Waals surface area contributed by atoms with E-state index in [1.807, 2.05) is 31.3 Å². The van der Waals surface area contributed by atoms with Gasteiger partial charge < -0.3 is 10.1 Å². The summed E-state index contributed by atoms with van der Waals surface area (Å²) in [6, 6.07) is 14.7. The largest absolute Gasteiger partial charge is 0.474 e. The minimum Gasteiger partial charge on any atom is -0.474 e. The fraction of sp³-hybridized carbons (Fsp3) is 0.478. The van der Waals surface area contributed by atoms with Crippen LogP contribution in [0.25, 0.3) is 0 Å². The molecular formula is C23H30N2O2. The van der Waals surface area contributed by atoms with E-state index < -0.39 is 0 Å². The highest BCUT2D eigenvalue weighted by Crippen LogP contribution is 2.23. The molecule has 4 nitrogen and oxygen atoms in total. The van der Waals surface area contributed by atoms with Crippen LogP contribution < -0.4 is 10.1 Å². The lowest BCUT2D eigenvalue weighted by Crippen LogP contribution is -2.39. The van der Waals surface area contributed by atoms with Gasteiger partial charge in [-0.2, -0.15) is 0 Å². The van der Waals surface area contributed by atoms with Gasteiger partial charge in [-0.25, -0.2) is 4.98 Å². The monoisotopic (exact) mass is 366 g/mol. The number of carbonyl (C=O) groups excluding carboxylic acids is 1. The van der Waals surface area contributed by atoms with Gasteiger partial charge in [0.05, 0.1) is 0 Å². The minimum atomic E-state index is 0.188. The number of pyridine rings is 1. The summed E-state index contributed by atoms with van der Waals surface area (Å²) in [6.45, 7) is 2.02. The first kappa shape index (κ1) is 19.4. The van der Waals surface area contributed by atoms with Gasteiger partial charge in [-0.3, -0.25) is 4.79 Å². The molecule has 0 spiro atoms. The van der Waals surface area contributed by atoms with E-state index in [1.54, 1.807) is 0 Å². The van der Waals surface area contributed by atoms with Gasteiger partial charge in [0.25, 0.3) is 0 Å². The number of carbonyl (C=O) groups is 1. The van der Waals surface area contributed by atoms with Gasteiger partial charge in [-0.1, -0.05) is 36.4 Å². The van der Waals surface area contributed by atoms with Crippen LogP contribution >= 0.6 is 0 Å². The van der Waals surface area contributed by atoms with Crippen molar-refractivity contribution in [2.45, 2.75) is 70.4 Å². The van der Waals surface area contributed by atoms with Crippen LogP contribution in [-0.2, 0) is 11.2 Å². The van der Waals surface area contributed by atoms with Crippen molar-refractivity contribution in [3.05, 3.63) is 59.8 Å². The van der Waals surface area contributed by atoms with E-state index in [2.05, 4.69) is 34.6 Å². The summed E-state index contributed by atoms with van der Waals surface area (Å²) in [7, 11) is 0. The number of aryl methyl sites for hydroxylation is 2. The fourth-order valence-corrected chi connectivity index (χ4v) is 3.58. The van der Waals surface area contributed by atoms with Crippen LogP contribution in [-0.4, -0.2) is 23.0 Å². The number of ether oxygens (including phenoxy) is 1. The first-order valence-electron chi connectivity index (χ1n) is 10.1. The second-order valence-corrected chi connectivity index (χ2v) is 7.53. The molecule has 1 fully saturated rings. The van der Waals surface area contributed by atoms with Crippen LogP contribution in [0.5, 0.6) is 5.88 Å². The van der Waals surface area contributed by atoms with Crippen molar-refractivity contribution in [3.8, 4) is 5.88 Å². The Morgan fingerprint density at radius 2 is 1.85 bits per heavy atom. The van der Waals surface area contributed by atoms with Gasteiger partial charge in [0.1, 0.15) is 6.10 Å². The third kappa shape index (κ3) is 6.70. The number of amides is 1. The summed E-state index contributed by atoms with van der Waals surface area (Å²) in [5.74, 6) is 0.888. The molecule has 27 heavy (non-hydrogen) atoms. The highest BCUT2D eigenvalue weighted by atomic mass is 16.5. The van der Waals surface area contributed by atoms with Crippen LogP contribution in [0.4, 0.5) is 0 Å². The van der Waals surface area contributed by atoms with Crippen LogP contribution in [0.3, 0.4) is 0 Å². The van der Waals surface area contributed by atoms with E-state index >= 15 is 0 Å². The van der Waals surface area contributed by atoms with E-state index in [1.165, 1.54) is 5.56 Å². The third-order valence-corrected chi connectivity index (χ3v) is 5.17. The van der Waals surface area contributed by atoms with Crippen LogP contribution in [0.1, 0.15) is 56.1 Å². The number of aromatic nitrogens is 1. The molecule has 0 radical (unpaired) electrons. The Kier molecular flexibility index (Phi) is 7.26. The number of nitrogens with zero attached hydrogens (tertiary/aromatic N) is 1. The topological polar surface area (TPSA) is 51.2 Å². The number of hydrogen-bond donors (Lipinski definition) is 1. The molecule has 1 saturated carbocycles. The van der Waals surface area contributed by atoms with Gasteiger partial charge in [-0.15, -0.1) is 0 Å². The molecule has 1 aliphatic carbocycles. The average Bonchev–Trinajstić information content (AvgIpc) is 2.69. The maximum absolute atomic E-state index is 12.2.